The van der Waals surface area contributed by atoms with Gasteiger partial charge in [0.05, 0.1) is 6.04 Å². The summed E-state index contributed by atoms with van der Waals surface area (Å²) in [4.78, 5) is 22.8. The number of nitrogens with zero attached hydrogens (tertiary/aromatic N) is 1. The van der Waals surface area contributed by atoms with Crippen LogP contribution >= 0.6 is 0 Å². The van der Waals surface area contributed by atoms with E-state index in [2.05, 4.69) is 9.61 Å². The molecule has 2 heterocycles. The summed E-state index contributed by atoms with van der Waals surface area (Å²) >= 11 is 0. The highest BCUT2D eigenvalue weighted by Gasteiger charge is 2.53. The number of amides is 1. The minimum atomic E-state index is -2.24. The highest BCUT2D eigenvalue weighted by molar-refractivity contribution is 6.66. The molecule has 7 heteroatoms. The highest BCUT2D eigenvalue weighted by atomic mass is 17.4. The summed E-state index contributed by atoms with van der Waals surface area (Å²) in [7, 11) is 0. The van der Waals surface area contributed by atoms with Crippen LogP contribution in [0, 0.1) is 5.92 Å². The molecule has 92 valence electrons. The van der Waals surface area contributed by atoms with Crippen molar-refractivity contribution in [1.29, 1.82) is 0 Å². The van der Waals surface area contributed by atoms with Crippen molar-refractivity contribution in [1.82, 2.24) is 4.90 Å². The molecule has 16 heavy (non-hydrogen) atoms. The fraction of sp³-hybridized carbons (Fsp3) is 0.889. The maximum atomic E-state index is 12.1. The smallest absolute Gasteiger partial charge is 0.443 e. The van der Waals surface area contributed by atoms with Gasteiger partial charge in [-0.15, -0.1) is 0 Å². The second-order valence-electron chi connectivity index (χ2n) is 4.93. The van der Waals surface area contributed by atoms with Crippen LogP contribution in [-0.4, -0.2) is 41.1 Å². The molecule has 2 rings (SSSR count). The van der Waals surface area contributed by atoms with Crippen LogP contribution in [0.15, 0.2) is 0 Å². The molecule has 2 saturated heterocycles. The number of hydrogen-bond acceptors (Lipinski definition) is 5. The van der Waals surface area contributed by atoms with Crippen LogP contribution in [0.4, 0.5) is 0 Å². The molecule has 0 spiro atoms. The Morgan fingerprint density at radius 2 is 2.19 bits per heavy atom. The molecule has 0 radical (unpaired) electrons. The molecule has 0 aromatic carbocycles. The van der Waals surface area contributed by atoms with E-state index >= 15 is 0 Å². The summed E-state index contributed by atoms with van der Waals surface area (Å²) < 4.78 is 0. The molecule has 0 bridgehead atoms. The van der Waals surface area contributed by atoms with Crippen LogP contribution < -0.4 is 5.73 Å². The second-order valence-corrected chi connectivity index (χ2v) is 4.93. The summed E-state index contributed by atoms with van der Waals surface area (Å²) in [5, 5.41) is 9.75. The van der Waals surface area contributed by atoms with E-state index in [1.165, 1.54) is 0 Å². The van der Waals surface area contributed by atoms with Gasteiger partial charge in [0, 0.05) is 6.54 Å². The molecule has 0 aliphatic carbocycles. The van der Waals surface area contributed by atoms with Gasteiger partial charge in [0.25, 0.3) is 0 Å². The van der Waals surface area contributed by atoms with Gasteiger partial charge in [0.2, 0.25) is 5.91 Å². The maximum Gasteiger partial charge on any atom is 0.443 e. The van der Waals surface area contributed by atoms with Gasteiger partial charge in [0.1, 0.15) is 0 Å². The van der Waals surface area contributed by atoms with Crippen molar-refractivity contribution in [3.8, 4) is 0 Å². The Morgan fingerprint density at radius 3 is 2.69 bits per heavy atom. The first-order valence-corrected chi connectivity index (χ1v) is 5.75. The Balaban J connectivity index is 2.05. The van der Waals surface area contributed by atoms with Gasteiger partial charge in [-0.2, -0.15) is 0 Å². The fourth-order valence-electron chi connectivity index (χ4n) is 2.17. The van der Waals surface area contributed by atoms with Crippen LogP contribution in [-0.2, 0) is 14.4 Å². The normalized spacial score (nSPS) is 29.6. The van der Waals surface area contributed by atoms with Crippen molar-refractivity contribution in [3.05, 3.63) is 0 Å². The molecule has 0 unspecified atom stereocenters. The lowest BCUT2D eigenvalue weighted by molar-refractivity contribution is -0.133. The van der Waals surface area contributed by atoms with E-state index in [0.29, 0.717) is 13.0 Å². The minimum absolute atomic E-state index is 0.0805. The van der Waals surface area contributed by atoms with E-state index in [9.17, 15) is 9.82 Å². The zero-order chi connectivity index (χ0) is 11.9. The van der Waals surface area contributed by atoms with Crippen molar-refractivity contribution in [2.24, 2.45) is 11.7 Å². The molecule has 2 aliphatic heterocycles. The molecule has 2 aliphatic rings. The van der Waals surface area contributed by atoms with Crippen molar-refractivity contribution in [2.75, 3.05) is 6.54 Å². The largest absolute Gasteiger partial charge is 0.556 e. The molecule has 0 saturated carbocycles. The molecule has 1 amide bonds. The van der Waals surface area contributed by atoms with E-state index in [4.69, 9.17) is 5.73 Å². The van der Waals surface area contributed by atoms with E-state index in [-0.39, 0.29) is 17.8 Å². The number of carbonyl (C=O) groups is 1. The van der Waals surface area contributed by atoms with Crippen LogP contribution in [0.1, 0.15) is 26.7 Å². The third-order valence-corrected chi connectivity index (χ3v) is 3.37. The first kappa shape index (κ1) is 11.8. The van der Waals surface area contributed by atoms with Gasteiger partial charge in [0.15, 0.2) is 0 Å². The van der Waals surface area contributed by atoms with E-state index in [1.54, 1.807) is 4.90 Å². The minimum Gasteiger partial charge on any atom is -0.556 e. The van der Waals surface area contributed by atoms with Crippen molar-refractivity contribution < 1.29 is 19.4 Å². The Labute approximate surface area is 94.6 Å². The number of rotatable bonds is 3. The summed E-state index contributed by atoms with van der Waals surface area (Å²) in [6.07, 6.45) is 1.55. The molecule has 2 atom stereocenters. The lowest BCUT2D eigenvalue weighted by Crippen LogP contribution is -2.54. The lowest BCUT2D eigenvalue weighted by Gasteiger charge is -2.31. The SMILES string of the molecule is CC(C)[C@@H](N)C(=O)N1CCC[C@H]1[B-]1(O)OO1. The number of likely N-dealkylation sites (tertiary alicyclic amines) is 1. The lowest BCUT2D eigenvalue weighted by atomic mass is 9.71. The number of hydrogen-bond donors (Lipinski definition) is 2. The predicted octanol–water partition coefficient (Wildman–Crippen LogP) is -0.607. The zero-order valence-corrected chi connectivity index (χ0v) is 9.63. The summed E-state index contributed by atoms with van der Waals surface area (Å²) in [6.45, 7) is 2.17. The number of carbonyl (C=O) groups excluding carboxylic acids is 1. The molecule has 2 fully saturated rings. The third kappa shape index (κ3) is 1.95. The van der Waals surface area contributed by atoms with Crippen LogP contribution in [0.3, 0.4) is 0 Å². The van der Waals surface area contributed by atoms with Gasteiger partial charge in [-0.3, -0.25) is 4.79 Å². The van der Waals surface area contributed by atoms with Gasteiger partial charge >= 0.3 is 6.75 Å². The molecular weight excluding hydrogens is 211 g/mol. The van der Waals surface area contributed by atoms with Gasteiger partial charge < -0.3 is 25.3 Å². The van der Waals surface area contributed by atoms with Crippen LogP contribution in [0.5, 0.6) is 0 Å². The second kappa shape index (κ2) is 3.99. The summed E-state index contributed by atoms with van der Waals surface area (Å²) in [5.41, 5.74) is 5.82. The first-order valence-electron chi connectivity index (χ1n) is 5.75. The quantitative estimate of drug-likeness (QED) is 0.382. The van der Waals surface area contributed by atoms with Crippen molar-refractivity contribution in [3.63, 3.8) is 0 Å². The molecular formula is C9H18BN2O4-. The van der Waals surface area contributed by atoms with Gasteiger partial charge in [-0.05, 0) is 18.3 Å². The average Bonchev–Trinajstić information content (AvgIpc) is 2.82. The van der Waals surface area contributed by atoms with Gasteiger partial charge in [-0.1, -0.05) is 20.3 Å². The Hall–Kier alpha value is -0.625. The zero-order valence-electron chi connectivity index (χ0n) is 9.63. The molecule has 0 aromatic rings. The monoisotopic (exact) mass is 229 g/mol. The first-order chi connectivity index (χ1) is 7.46. The topological polar surface area (TPSA) is 91.6 Å². The van der Waals surface area contributed by atoms with Crippen LogP contribution in [0.25, 0.3) is 0 Å². The van der Waals surface area contributed by atoms with E-state index in [0.717, 1.165) is 6.42 Å². The third-order valence-electron chi connectivity index (χ3n) is 3.37. The molecule has 6 nitrogen and oxygen atoms in total. The fourth-order valence-corrected chi connectivity index (χ4v) is 2.17. The summed E-state index contributed by atoms with van der Waals surface area (Å²) in [5.74, 6) is -0.416. The Morgan fingerprint density at radius 1 is 1.56 bits per heavy atom. The van der Waals surface area contributed by atoms with Crippen LogP contribution in [0.2, 0.25) is 0 Å². The van der Waals surface area contributed by atoms with Crippen molar-refractivity contribution in [2.45, 2.75) is 38.7 Å². The molecule has 3 N–H and O–H groups in total. The Kier molecular flexibility index (Phi) is 2.96. The maximum absolute atomic E-state index is 12.1. The summed E-state index contributed by atoms with van der Waals surface area (Å²) in [6, 6.07) is -0.529. The predicted molar refractivity (Wildman–Crippen MR) is 57.7 cm³/mol. The van der Waals surface area contributed by atoms with E-state index < -0.39 is 12.8 Å². The van der Waals surface area contributed by atoms with E-state index in [1.807, 2.05) is 13.8 Å². The standard InChI is InChI=1S/C9H18BN2O4/c1-6(2)8(11)9(13)12-5-3-4-7(12)10(14)15-16-10/h6-8,14H,3-5,11H2,1-2H3/q-1/t7-,8+/m0/s1. The highest BCUT2D eigenvalue weighted by Crippen LogP contribution is 2.34. The average molecular weight is 229 g/mol. The van der Waals surface area contributed by atoms with Crippen molar-refractivity contribution >= 4 is 12.7 Å². The van der Waals surface area contributed by atoms with Gasteiger partial charge in [-0.25, -0.2) is 0 Å². The number of nitrogens with two attached hydrogens (primary N) is 1. The molecule has 0 aromatic heterocycles. The Bertz CT molecular complexity index is 295.